The smallest absolute Gasteiger partial charge is 0.265 e. The third-order valence-electron chi connectivity index (χ3n) is 2.24. The van der Waals surface area contributed by atoms with E-state index in [-0.39, 0.29) is 12.0 Å². The summed E-state index contributed by atoms with van der Waals surface area (Å²) in [5, 5.41) is 4.75. The SMILES string of the molecule is CC(C)Oc1ccccc1NC(=O)c1cccs1. The fourth-order valence-corrected chi connectivity index (χ4v) is 2.14. The lowest BCUT2D eigenvalue weighted by Crippen LogP contribution is -2.13. The molecule has 4 heteroatoms. The standard InChI is InChI=1S/C14H15NO2S/c1-10(2)17-12-7-4-3-6-11(12)15-14(16)13-8-5-9-18-13/h3-10H,1-2H3,(H,15,16). The van der Waals surface area contributed by atoms with Crippen molar-refractivity contribution in [3.63, 3.8) is 0 Å². The molecule has 18 heavy (non-hydrogen) atoms. The van der Waals surface area contributed by atoms with Gasteiger partial charge in [-0.25, -0.2) is 0 Å². The lowest BCUT2D eigenvalue weighted by atomic mass is 10.2. The van der Waals surface area contributed by atoms with Crippen molar-refractivity contribution in [2.75, 3.05) is 5.32 Å². The van der Waals surface area contributed by atoms with Gasteiger partial charge in [0.15, 0.2) is 0 Å². The molecule has 0 radical (unpaired) electrons. The van der Waals surface area contributed by atoms with Gasteiger partial charge in [-0.15, -0.1) is 11.3 Å². The molecule has 1 aromatic carbocycles. The normalized spacial score (nSPS) is 10.4. The van der Waals surface area contributed by atoms with E-state index in [0.29, 0.717) is 16.3 Å². The number of carbonyl (C=O) groups excluding carboxylic acids is 1. The molecule has 1 heterocycles. The molecule has 1 N–H and O–H groups in total. The number of benzene rings is 1. The number of ether oxygens (including phenoxy) is 1. The molecule has 0 aliphatic heterocycles. The van der Waals surface area contributed by atoms with Crippen molar-refractivity contribution in [1.29, 1.82) is 0 Å². The molecule has 0 atom stereocenters. The highest BCUT2D eigenvalue weighted by molar-refractivity contribution is 7.12. The Balaban J connectivity index is 2.16. The predicted octanol–water partition coefficient (Wildman–Crippen LogP) is 3.79. The van der Waals surface area contributed by atoms with Crippen LogP contribution >= 0.6 is 11.3 Å². The van der Waals surface area contributed by atoms with Crippen molar-refractivity contribution in [2.24, 2.45) is 0 Å². The number of anilines is 1. The minimum absolute atomic E-state index is 0.0739. The monoisotopic (exact) mass is 261 g/mol. The van der Waals surface area contributed by atoms with Crippen LogP contribution in [0.1, 0.15) is 23.5 Å². The van der Waals surface area contributed by atoms with Crippen LogP contribution < -0.4 is 10.1 Å². The molecule has 0 unspecified atom stereocenters. The predicted molar refractivity (Wildman–Crippen MR) is 74.5 cm³/mol. The molecule has 2 rings (SSSR count). The van der Waals surface area contributed by atoms with Gasteiger partial charge in [0.1, 0.15) is 5.75 Å². The number of nitrogens with one attached hydrogen (secondary N) is 1. The lowest BCUT2D eigenvalue weighted by Gasteiger charge is -2.14. The first-order valence-corrected chi connectivity index (χ1v) is 6.65. The number of thiophene rings is 1. The second-order valence-corrected chi connectivity index (χ2v) is 5.04. The van der Waals surface area contributed by atoms with Gasteiger partial charge >= 0.3 is 0 Å². The molecular weight excluding hydrogens is 246 g/mol. The van der Waals surface area contributed by atoms with Crippen LogP contribution in [0.15, 0.2) is 41.8 Å². The summed E-state index contributed by atoms with van der Waals surface area (Å²) < 4.78 is 5.65. The molecule has 0 saturated carbocycles. The lowest BCUT2D eigenvalue weighted by molar-refractivity contribution is 0.102. The number of carbonyl (C=O) groups is 1. The van der Waals surface area contributed by atoms with Crippen molar-refractivity contribution >= 4 is 22.9 Å². The third kappa shape index (κ3) is 3.11. The molecule has 1 aromatic heterocycles. The number of hydrogen-bond acceptors (Lipinski definition) is 3. The van der Waals surface area contributed by atoms with Crippen LogP contribution in [0.5, 0.6) is 5.75 Å². The van der Waals surface area contributed by atoms with Crippen molar-refractivity contribution < 1.29 is 9.53 Å². The summed E-state index contributed by atoms with van der Waals surface area (Å²) in [5.41, 5.74) is 0.699. The van der Waals surface area contributed by atoms with Crippen LogP contribution in [-0.2, 0) is 0 Å². The second kappa shape index (κ2) is 5.69. The van der Waals surface area contributed by atoms with Crippen molar-refractivity contribution in [3.8, 4) is 5.75 Å². The van der Waals surface area contributed by atoms with Crippen molar-refractivity contribution in [1.82, 2.24) is 0 Å². The molecule has 1 amide bonds. The number of para-hydroxylation sites is 2. The maximum atomic E-state index is 12.0. The van der Waals surface area contributed by atoms with Gasteiger partial charge in [0.25, 0.3) is 5.91 Å². The molecule has 94 valence electrons. The molecule has 2 aromatic rings. The highest BCUT2D eigenvalue weighted by Gasteiger charge is 2.10. The average molecular weight is 261 g/mol. The number of rotatable bonds is 4. The Morgan fingerprint density at radius 2 is 2.00 bits per heavy atom. The molecule has 0 aliphatic rings. The van der Waals surface area contributed by atoms with E-state index in [1.54, 1.807) is 6.07 Å². The van der Waals surface area contributed by atoms with Crippen LogP contribution in [0.25, 0.3) is 0 Å². The van der Waals surface area contributed by atoms with Crippen LogP contribution in [-0.4, -0.2) is 12.0 Å². The van der Waals surface area contributed by atoms with Gasteiger partial charge < -0.3 is 10.1 Å². The minimum Gasteiger partial charge on any atom is -0.489 e. The van der Waals surface area contributed by atoms with Gasteiger partial charge in [-0.3, -0.25) is 4.79 Å². The van der Waals surface area contributed by atoms with Gasteiger partial charge in [-0.1, -0.05) is 18.2 Å². The van der Waals surface area contributed by atoms with Gasteiger partial charge in [-0.2, -0.15) is 0 Å². The van der Waals surface area contributed by atoms with E-state index in [2.05, 4.69) is 5.32 Å². The molecule has 0 bridgehead atoms. The number of amides is 1. The largest absolute Gasteiger partial charge is 0.489 e. The summed E-state index contributed by atoms with van der Waals surface area (Å²) in [6.07, 6.45) is 0.0739. The maximum Gasteiger partial charge on any atom is 0.265 e. The van der Waals surface area contributed by atoms with Crippen LogP contribution in [0.4, 0.5) is 5.69 Å². The highest BCUT2D eigenvalue weighted by atomic mass is 32.1. The average Bonchev–Trinajstić information content (AvgIpc) is 2.84. The zero-order valence-corrected chi connectivity index (χ0v) is 11.2. The van der Waals surface area contributed by atoms with E-state index in [1.165, 1.54) is 11.3 Å². The second-order valence-electron chi connectivity index (χ2n) is 4.09. The zero-order chi connectivity index (χ0) is 13.0. The van der Waals surface area contributed by atoms with Gasteiger partial charge in [0.2, 0.25) is 0 Å². The quantitative estimate of drug-likeness (QED) is 0.909. The molecule has 3 nitrogen and oxygen atoms in total. The van der Waals surface area contributed by atoms with E-state index in [9.17, 15) is 4.79 Å². The summed E-state index contributed by atoms with van der Waals surface area (Å²) in [6.45, 7) is 3.91. The van der Waals surface area contributed by atoms with E-state index in [1.807, 2.05) is 49.6 Å². The Morgan fingerprint density at radius 1 is 1.22 bits per heavy atom. The van der Waals surface area contributed by atoms with Gasteiger partial charge in [-0.05, 0) is 37.4 Å². The van der Waals surface area contributed by atoms with E-state index < -0.39 is 0 Å². The van der Waals surface area contributed by atoms with Crippen LogP contribution in [0.3, 0.4) is 0 Å². The van der Waals surface area contributed by atoms with Crippen molar-refractivity contribution in [3.05, 3.63) is 46.7 Å². The first kappa shape index (κ1) is 12.6. The topological polar surface area (TPSA) is 38.3 Å². The summed E-state index contributed by atoms with van der Waals surface area (Å²) in [7, 11) is 0. The number of hydrogen-bond donors (Lipinski definition) is 1. The Labute approximate surface area is 110 Å². The molecule has 0 saturated heterocycles. The maximum absolute atomic E-state index is 12.0. The Kier molecular flexibility index (Phi) is 3.99. The van der Waals surface area contributed by atoms with Crippen molar-refractivity contribution in [2.45, 2.75) is 20.0 Å². The first-order valence-electron chi connectivity index (χ1n) is 5.77. The summed E-state index contributed by atoms with van der Waals surface area (Å²) >= 11 is 1.42. The fourth-order valence-electron chi connectivity index (χ4n) is 1.52. The van der Waals surface area contributed by atoms with Gasteiger partial charge in [0, 0.05) is 0 Å². The van der Waals surface area contributed by atoms with Crippen LogP contribution in [0.2, 0.25) is 0 Å². The van der Waals surface area contributed by atoms with Gasteiger partial charge in [0.05, 0.1) is 16.7 Å². The summed E-state index contributed by atoms with van der Waals surface area (Å²) in [4.78, 5) is 12.6. The van der Waals surface area contributed by atoms with E-state index in [4.69, 9.17) is 4.74 Å². The van der Waals surface area contributed by atoms with E-state index >= 15 is 0 Å². The summed E-state index contributed by atoms with van der Waals surface area (Å²) in [5.74, 6) is 0.585. The summed E-state index contributed by atoms with van der Waals surface area (Å²) in [6, 6.07) is 11.1. The fraction of sp³-hybridized carbons (Fsp3) is 0.214. The minimum atomic E-state index is -0.107. The van der Waals surface area contributed by atoms with Crippen LogP contribution in [0, 0.1) is 0 Å². The van der Waals surface area contributed by atoms with E-state index in [0.717, 1.165) is 0 Å². The highest BCUT2D eigenvalue weighted by Crippen LogP contribution is 2.25. The molecular formula is C14H15NO2S. The first-order chi connectivity index (χ1) is 8.66. The molecule has 0 aliphatic carbocycles. The molecule has 0 fully saturated rings. The molecule has 0 spiro atoms. The Bertz CT molecular complexity index is 520. The Hall–Kier alpha value is -1.81. The third-order valence-corrected chi connectivity index (χ3v) is 3.11. The Morgan fingerprint density at radius 3 is 2.67 bits per heavy atom. The zero-order valence-electron chi connectivity index (χ0n) is 10.3.